The van der Waals surface area contributed by atoms with Crippen molar-refractivity contribution in [2.45, 2.75) is 44.4 Å². The molecule has 1 saturated carbocycles. The zero-order valence-corrected chi connectivity index (χ0v) is 8.89. The van der Waals surface area contributed by atoms with E-state index < -0.39 is 24.6 Å². The van der Waals surface area contributed by atoms with Crippen LogP contribution in [0.25, 0.3) is 0 Å². The molecular weight excluding hydrogens is 223 g/mol. The largest absolute Gasteiger partial charge is 0.397 e. The number of hydrogen-bond acceptors (Lipinski definition) is 2. The molecule has 16 heavy (non-hydrogen) atoms. The van der Waals surface area contributed by atoms with Gasteiger partial charge in [-0.15, -0.1) is 0 Å². The maximum Gasteiger partial charge on any atom is 0.397 e. The Hall–Kier alpha value is -0.780. The molecule has 2 unspecified atom stereocenters. The van der Waals surface area contributed by atoms with Crippen LogP contribution in [0.15, 0.2) is 0 Å². The van der Waals surface area contributed by atoms with Crippen molar-refractivity contribution in [3.8, 4) is 0 Å². The molecule has 0 heterocycles. The number of halogens is 3. The first-order valence-corrected chi connectivity index (χ1v) is 5.40. The molecule has 0 aromatic carbocycles. The van der Waals surface area contributed by atoms with Crippen LogP contribution in [0.3, 0.4) is 0 Å². The predicted molar refractivity (Wildman–Crippen MR) is 51.6 cm³/mol. The van der Waals surface area contributed by atoms with Crippen molar-refractivity contribution in [3.63, 3.8) is 0 Å². The first-order valence-electron chi connectivity index (χ1n) is 5.40. The minimum Gasteiger partial charge on any atom is -0.393 e. The van der Waals surface area contributed by atoms with Crippen LogP contribution in [0.4, 0.5) is 13.2 Å². The Bertz CT molecular complexity index is 243. The quantitative estimate of drug-likeness (QED) is 0.786. The average Bonchev–Trinajstić information content (AvgIpc) is 2.14. The van der Waals surface area contributed by atoms with Gasteiger partial charge in [0, 0.05) is 12.5 Å². The number of aliphatic hydroxyl groups is 1. The molecule has 1 aliphatic carbocycles. The first kappa shape index (κ1) is 13.3. The van der Waals surface area contributed by atoms with Gasteiger partial charge < -0.3 is 10.4 Å². The van der Waals surface area contributed by atoms with Gasteiger partial charge >= 0.3 is 6.18 Å². The van der Waals surface area contributed by atoms with Gasteiger partial charge in [-0.05, 0) is 12.8 Å². The zero-order chi connectivity index (χ0) is 12.2. The summed E-state index contributed by atoms with van der Waals surface area (Å²) in [5.41, 5.74) is 0. The van der Waals surface area contributed by atoms with E-state index in [1.165, 1.54) is 0 Å². The SMILES string of the molecule is O=C(CC(F)(F)F)NCC1CCCCC1O. The van der Waals surface area contributed by atoms with Gasteiger partial charge in [0.25, 0.3) is 0 Å². The molecule has 0 radical (unpaired) electrons. The fourth-order valence-electron chi connectivity index (χ4n) is 1.92. The summed E-state index contributed by atoms with van der Waals surface area (Å²) in [6, 6.07) is 0. The summed E-state index contributed by atoms with van der Waals surface area (Å²) in [5, 5.41) is 11.8. The minimum absolute atomic E-state index is 0.106. The molecule has 6 heteroatoms. The summed E-state index contributed by atoms with van der Waals surface area (Å²) in [6.07, 6.45) is -3.09. The second kappa shape index (κ2) is 5.52. The van der Waals surface area contributed by atoms with Gasteiger partial charge in [0.2, 0.25) is 5.91 Å². The summed E-state index contributed by atoms with van der Waals surface area (Å²) in [7, 11) is 0. The summed E-state index contributed by atoms with van der Waals surface area (Å²) >= 11 is 0. The summed E-state index contributed by atoms with van der Waals surface area (Å²) in [5.74, 6) is -1.13. The monoisotopic (exact) mass is 239 g/mol. The van der Waals surface area contributed by atoms with E-state index in [1.807, 2.05) is 0 Å². The van der Waals surface area contributed by atoms with Crippen molar-refractivity contribution in [2.75, 3.05) is 6.54 Å². The van der Waals surface area contributed by atoms with Crippen LogP contribution in [0.1, 0.15) is 32.1 Å². The average molecular weight is 239 g/mol. The molecule has 94 valence electrons. The van der Waals surface area contributed by atoms with Gasteiger partial charge in [-0.25, -0.2) is 0 Å². The number of carbonyl (C=O) groups excluding carboxylic acids is 1. The van der Waals surface area contributed by atoms with Gasteiger partial charge in [-0.3, -0.25) is 4.79 Å². The molecule has 1 fully saturated rings. The number of aliphatic hydroxyl groups excluding tert-OH is 1. The van der Waals surface area contributed by atoms with E-state index in [9.17, 15) is 23.1 Å². The number of hydrogen-bond donors (Lipinski definition) is 2. The molecule has 1 aliphatic rings. The third kappa shape index (κ3) is 4.83. The third-order valence-corrected chi connectivity index (χ3v) is 2.79. The Balaban J connectivity index is 2.25. The lowest BCUT2D eigenvalue weighted by atomic mass is 9.86. The maximum atomic E-state index is 11.8. The Labute approximate surface area is 92.0 Å². The molecule has 2 atom stereocenters. The molecule has 0 aromatic heterocycles. The van der Waals surface area contributed by atoms with E-state index in [1.54, 1.807) is 0 Å². The maximum absolute atomic E-state index is 11.8. The number of amides is 1. The Morgan fingerprint density at radius 2 is 1.94 bits per heavy atom. The molecular formula is C10H16F3NO2. The summed E-state index contributed by atoms with van der Waals surface area (Å²) in [6.45, 7) is 0.135. The Kier molecular flexibility index (Phi) is 4.58. The van der Waals surface area contributed by atoms with Gasteiger partial charge in [0.05, 0.1) is 6.10 Å². The van der Waals surface area contributed by atoms with Crippen molar-refractivity contribution in [2.24, 2.45) is 5.92 Å². The minimum atomic E-state index is -4.46. The van der Waals surface area contributed by atoms with Crippen LogP contribution in [-0.4, -0.2) is 29.8 Å². The van der Waals surface area contributed by atoms with E-state index in [4.69, 9.17) is 0 Å². The second-order valence-corrected chi connectivity index (χ2v) is 4.21. The lowest BCUT2D eigenvalue weighted by molar-refractivity contribution is -0.154. The van der Waals surface area contributed by atoms with E-state index >= 15 is 0 Å². The van der Waals surface area contributed by atoms with Crippen LogP contribution in [0.2, 0.25) is 0 Å². The van der Waals surface area contributed by atoms with Crippen molar-refractivity contribution >= 4 is 5.91 Å². The van der Waals surface area contributed by atoms with Crippen LogP contribution >= 0.6 is 0 Å². The lowest BCUT2D eigenvalue weighted by Gasteiger charge is -2.27. The van der Waals surface area contributed by atoms with Crippen LogP contribution < -0.4 is 5.32 Å². The highest BCUT2D eigenvalue weighted by Crippen LogP contribution is 2.24. The molecule has 2 N–H and O–H groups in total. The number of carbonyl (C=O) groups is 1. The fraction of sp³-hybridized carbons (Fsp3) is 0.900. The molecule has 0 aliphatic heterocycles. The molecule has 1 rings (SSSR count). The highest BCUT2D eigenvalue weighted by atomic mass is 19.4. The van der Waals surface area contributed by atoms with Gasteiger partial charge in [-0.1, -0.05) is 12.8 Å². The summed E-state index contributed by atoms with van der Waals surface area (Å²) < 4.78 is 35.5. The molecule has 3 nitrogen and oxygen atoms in total. The lowest BCUT2D eigenvalue weighted by Crippen LogP contribution is -2.38. The van der Waals surface area contributed by atoms with E-state index in [2.05, 4.69) is 5.32 Å². The van der Waals surface area contributed by atoms with Crippen LogP contribution in [-0.2, 0) is 4.79 Å². The highest BCUT2D eigenvalue weighted by molar-refractivity contribution is 5.76. The third-order valence-electron chi connectivity index (χ3n) is 2.79. The van der Waals surface area contributed by atoms with Crippen molar-refractivity contribution in [1.82, 2.24) is 5.32 Å². The second-order valence-electron chi connectivity index (χ2n) is 4.21. The van der Waals surface area contributed by atoms with Gasteiger partial charge in [0.1, 0.15) is 6.42 Å². The van der Waals surface area contributed by atoms with Gasteiger partial charge in [-0.2, -0.15) is 13.2 Å². The van der Waals surface area contributed by atoms with Crippen molar-refractivity contribution < 1.29 is 23.1 Å². The van der Waals surface area contributed by atoms with E-state index in [-0.39, 0.29) is 12.5 Å². The molecule has 1 amide bonds. The van der Waals surface area contributed by atoms with Crippen molar-refractivity contribution in [1.29, 1.82) is 0 Å². The van der Waals surface area contributed by atoms with E-state index in [0.29, 0.717) is 6.42 Å². The molecule has 0 aromatic rings. The molecule has 0 bridgehead atoms. The Morgan fingerprint density at radius 3 is 2.50 bits per heavy atom. The predicted octanol–water partition coefficient (Wildman–Crippen LogP) is 1.61. The van der Waals surface area contributed by atoms with Gasteiger partial charge in [0.15, 0.2) is 0 Å². The van der Waals surface area contributed by atoms with Crippen LogP contribution in [0, 0.1) is 5.92 Å². The number of alkyl halides is 3. The van der Waals surface area contributed by atoms with Crippen LogP contribution in [0.5, 0.6) is 0 Å². The topological polar surface area (TPSA) is 49.3 Å². The standard InChI is InChI=1S/C10H16F3NO2/c11-10(12,13)5-9(16)14-6-7-3-1-2-4-8(7)15/h7-8,15H,1-6H2,(H,14,16). The Morgan fingerprint density at radius 1 is 1.31 bits per heavy atom. The normalized spacial score (nSPS) is 26.5. The van der Waals surface area contributed by atoms with E-state index in [0.717, 1.165) is 19.3 Å². The zero-order valence-electron chi connectivity index (χ0n) is 8.89. The number of rotatable bonds is 3. The molecule has 0 saturated heterocycles. The smallest absolute Gasteiger partial charge is 0.393 e. The van der Waals surface area contributed by atoms with Crippen molar-refractivity contribution in [3.05, 3.63) is 0 Å². The highest BCUT2D eigenvalue weighted by Gasteiger charge is 2.31. The molecule has 0 spiro atoms. The first-order chi connectivity index (χ1) is 7.38. The fourth-order valence-corrected chi connectivity index (χ4v) is 1.92. The summed E-state index contributed by atoms with van der Waals surface area (Å²) in [4.78, 5) is 10.9. The number of nitrogens with one attached hydrogen (secondary N) is 1.